The number of nitrogens with zero attached hydrogens (tertiary/aromatic N) is 4. The third-order valence-corrected chi connectivity index (χ3v) is 3.04. The van der Waals surface area contributed by atoms with Gasteiger partial charge in [-0.2, -0.15) is 23.0 Å². The second-order valence-corrected chi connectivity index (χ2v) is 4.65. The van der Waals surface area contributed by atoms with E-state index in [4.69, 9.17) is 0 Å². The average molecular weight is 283 g/mol. The molecule has 0 saturated heterocycles. The molecule has 2 aromatic rings. The van der Waals surface area contributed by atoms with Gasteiger partial charge in [0.2, 0.25) is 0 Å². The van der Waals surface area contributed by atoms with Gasteiger partial charge in [0.1, 0.15) is 12.2 Å². The van der Waals surface area contributed by atoms with E-state index >= 15 is 0 Å². The zero-order valence-corrected chi connectivity index (χ0v) is 10.4. The first kappa shape index (κ1) is 13.0. The molecule has 2 aromatic heterocycles. The van der Waals surface area contributed by atoms with Crippen molar-refractivity contribution in [1.29, 1.82) is 0 Å². The van der Waals surface area contributed by atoms with Crippen molar-refractivity contribution in [2.45, 2.75) is 31.6 Å². The molecule has 0 spiro atoms. The van der Waals surface area contributed by atoms with Crippen LogP contribution in [0.5, 0.6) is 0 Å². The second-order valence-electron chi connectivity index (χ2n) is 4.65. The Bertz CT molecular complexity index is 586. The van der Waals surface area contributed by atoms with Crippen LogP contribution in [0.3, 0.4) is 0 Å². The molecule has 0 unspecified atom stereocenters. The Morgan fingerprint density at radius 2 is 2.05 bits per heavy atom. The van der Waals surface area contributed by atoms with Crippen LogP contribution in [0.2, 0.25) is 0 Å². The largest absolute Gasteiger partial charge is 0.417 e. The predicted octanol–water partition coefficient (Wildman–Crippen LogP) is 1.93. The van der Waals surface area contributed by atoms with Crippen molar-refractivity contribution < 1.29 is 13.2 Å². The molecular weight excluding hydrogens is 271 g/mol. The molecule has 3 rings (SSSR count). The van der Waals surface area contributed by atoms with Gasteiger partial charge in [-0.1, -0.05) is 0 Å². The maximum Gasteiger partial charge on any atom is 0.417 e. The van der Waals surface area contributed by atoms with Gasteiger partial charge >= 0.3 is 6.18 Å². The van der Waals surface area contributed by atoms with Crippen LogP contribution >= 0.6 is 0 Å². The molecule has 5 nitrogen and oxygen atoms in total. The molecular formula is C12H12F3N5. The molecule has 0 amide bonds. The van der Waals surface area contributed by atoms with Gasteiger partial charge in [-0.3, -0.25) is 0 Å². The maximum atomic E-state index is 12.5. The predicted molar refractivity (Wildman–Crippen MR) is 64.0 cm³/mol. The summed E-state index contributed by atoms with van der Waals surface area (Å²) in [6.07, 6.45) is 0.0714. The van der Waals surface area contributed by atoms with E-state index in [1.807, 2.05) is 0 Å². The van der Waals surface area contributed by atoms with Gasteiger partial charge in [0.15, 0.2) is 5.82 Å². The SMILES string of the molecule is FC(F)(F)c1ccc(-n2ncnc2CNC2CC2)nc1. The molecule has 0 aliphatic heterocycles. The van der Waals surface area contributed by atoms with Crippen molar-refractivity contribution in [3.63, 3.8) is 0 Å². The third-order valence-electron chi connectivity index (χ3n) is 3.04. The van der Waals surface area contributed by atoms with Crippen molar-refractivity contribution in [3.05, 3.63) is 36.0 Å². The number of hydrogen-bond donors (Lipinski definition) is 1. The second kappa shape index (κ2) is 4.86. The Morgan fingerprint density at radius 1 is 1.25 bits per heavy atom. The summed E-state index contributed by atoms with van der Waals surface area (Å²) < 4.78 is 38.9. The van der Waals surface area contributed by atoms with E-state index < -0.39 is 11.7 Å². The van der Waals surface area contributed by atoms with E-state index in [0.717, 1.165) is 25.1 Å². The van der Waals surface area contributed by atoms with Gasteiger partial charge < -0.3 is 5.32 Å². The number of pyridine rings is 1. The highest BCUT2D eigenvalue weighted by molar-refractivity contribution is 5.26. The van der Waals surface area contributed by atoms with Gasteiger partial charge in [-0.25, -0.2) is 9.97 Å². The van der Waals surface area contributed by atoms with Crippen molar-refractivity contribution in [1.82, 2.24) is 25.1 Å². The first-order valence-electron chi connectivity index (χ1n) is 6.20. The minimum atomic E-state index is -4.38. The van der Waals surface area contributed by atoms with Crippen molar-refractivity contribution in [3.8, 4) is 5.82 Å². The number of aromatic nitrogens is 4. The fraction of sp³-hybridized carbons (Fsp3) is 0.417. The van der Waals surface area contributed by atoms with Crippen LogP contribution in [0.15, 0.2) is 24.7 Å². The molecule has 20 heavy (non-hydrogen) atoms. The molecule has 1 fully saturated rings. The smallest absolute Gasteiger partial charge is 0.307 e. The minimum absolute atomic E-state index is 0.322. The number of halogens is 3. The minimum Gasteiger partial charge on any atom is -0.307 e. The van der Waals surface area contributed by atoms with Crippen molar-refractivity contribution >= 4 is 0 Å². The number of nitrogens with one attached hydrogen (secondary N) is 1. The lowest BCUT2D eigenvalue weighted by atomic mass is 10.3. The van der Waals surface area contributed by atoms with E-state index in [-0.39, 0.29) is 0 Å². The summed E-state index contributed by atoms with van der Waals surface area (Å²) in [5.74, 6) is 0.951. The Balaban J connectivity index is 1.79. The van der Waals surface area contributed by atoms with Crippen molar-refractivity contribution in [2.75, 3.05) is 0 Å². The molecule has 106 valence electrons. The molecule has 0 aromatic carbocycles. The zero-order valence-electron chi connectivity index (χ0n) is 10.4. The summed E-state index contributed by atoms with van der Waals surface area (Å²) in [5.41, 5.74) is -0.779. The molecule has 8 heteroatoms. The fourth-order valence-corrected chi connectivity index (χ4v) is 1.78. The Labute approximate surface area is 112 Å². The first-order chi connectivity index (χ1) is 9.54. The van der Waals surface area contributed by atoms with Crippen molar-refractivity contribution in [2.24, 2.45) is 0 Å². The molecule has 0 radical (unpaired) electrons. The quantitative estimate of drug-likeness (QED) is 0.931. The normalized spacial score (nSPS) is 15.6. The summed E-state index contributed by atoms with van der Waals surface area (Å²) in [4.78, 5) is 7.89. The number of rotatable bonds is 4. The molecule has 0 bridgehead atoms. The lowest BCUT2D eigenvalue weighted by molar-refractivity contribution is -0.137. The van der Waals surface area contributed by atoms with E-state index in [2.05, 4.69) is 20.4 Å². The molecule has 0 atom stereocenters. The van der Waals surface area contributed by atoms with Crippen LogP contribution in [0.4, 0.5) is 13.2 Å². The monoisotopic (exact) mass is 283 g/mol. The highest BCUT2D eigenvalue weighted by atomic mass is 19.4. The van der Waals surface area contributed by atoms with Crippen LogP contribution < -0.4 is 5.32 Å². The van der Waals surface area contributed by atoms with Crippen LogP contribution in [-0.2, 0) is 12.7 Å². The molecule has 2 heterocycles. The molecule has 1 saturated carbocycles. The molecule has 1 aliphatic rings. The van der Waals surface area contributed by atoms with Crippen LogP contribution in [0, 0.1) is 0 Å². The zero-order chi connectivity index (χ0) is 14.2. The van der Waals surface area contributed by atoms with Gasteiger partial charge in [0.05, 0.1) is 12.1 Å². The molecule has 1 aliphatic carbocycles. The average Bonchev–Trinajstić information content (AvgIpc) is 3.12. The Morgan fingerprint density at radius 3 is 2.65 bits per heavy atom. The van der Waals surface area contributed by atoms with Gasteiger partial charge in [-0.05, 0) is 25.0 Å². The summed E-state index contributed by atoms with van der Waals surface area (Å²) in [5, 5.41) is 7.27. The molecule has 1 N–H and O–H groups in total. The van der Waals surface area contributed by atoms with Crippen LogP contribution in [-0.4, -0.2) is 25.8 Å². The van der Waals surface area contributed by atoms with E-state index in [1.54, 1.807) is 0 Å². The summed E-state index contributed by atoms with van der Waals surface area (Å²) in [6, 6.07) is 2.79. The Hall–Kier alpha value is -1.96. The first-order valence-corrected chi connectivity index (χ1v) is 6.20. The van der Waals surface area contributed by atoms with E-state index in [0.29, 0.717) is 24.2 Å². The lowest BCUT2D eigenvalue weighted by Crippen LogP contribution is -2.19. The fourth-order valence-electron chi connectivity index (χ4n) is 1.78. The van der Waals surface area contributed by atoms with Gasteiger partial charge in [0.25, 0.3) is 0 Å². The maximum absolute atomic E-state index is 12.5. The van der Waals surface area contributed by atoms with E-state index in [9.17, 15) is 13.2 Å². The van der Waals surface area contributed by atoms with Gasteiger partial charge in [-0.15, -0.1) is 0 Å². The lowest BCUT2D eigenvalue weighted by Gasteiger charge is -2.08. The Kier molecular flexibility index (Phi) is 3.17. The van der Waals surface area contributed by atoms with Gasteiger partial charge in [0, 0.05) is 12.2 Å². The summed E-state index contributed by atoms with van der Waals surface area (Å²) in [7, 11) is 0. The highest BCUT2D eigenvalue weighted by Gasteiger charge is 2.30. The third kappa shape index (κ3) is 2.79. The number of hydrogen-bond acceptors (Lipinski definition) is 4. The highest BCUT2D eigenvalue weighted by Crippen LogP contribution is 2.28. The topological polar surface area (TPSA) is 55.6 Å². The standard InChI is InChI=1S/C12H12F3N5/c13-12(14,15)8-1-4-10(17-5-8)20-11(18-7-19-20)6-16-9-2-3-9/h1,4-5,7,9,16H,2-3,6H2. The van der Waals surface area contributed by atoms with E-state index in [1.165, 1.54) is 17.1 Å². The number of alkyl halides is 3. The summed E-state index contributed by atoms with van der Waals surface area (Å²) in [6.45, 7) is 0.521. The summed E-state index contributed by atoms with van der Waals surface area (Å²) >= 11 is 0. The van der Waals surface area contributed by atoms with Crippen LogP contribution in [0.1, 0.15) is 24.2 Å². The van der Waals surface area contributed by atoms with Crippen LogP contribution in [0.25, 0.3) is 5.82 Å².